The molecule has 0 bridgehead atoms. The first-order valence-electron chi connectivity index (χ1n) is 43.3. The first-order valence-corrected chi connectivity index (χ1v) is 44.1. The van der Waals surface area contributed by atoms with Crippen molar-refractivity contribution in [2.24, 2.45) is 0 Å². The van der Waals surface area contributed by atoms with E-state index in [1.54, 1.807) is 24.3 Å². The monoisotopic (exact) mass is 1680 g/mol. The molecule has 654 valence electrons. The smallest absolute Gasteiger partial charge is 0.231 e. The summed E-state index contributed by atoms with van der Waals surface area (Å²) in [6, 6.07) is 67.2. The van der Waals surface area contributed by atoms with E-state index >= 15 is 0 Å². The average Bonchev–Trinajstić information content (AvgIpc) is 1.57. The van der Waals surface area contributed by atoms with Crippen LogP contribution in [0.25, 0.3) is 0 Å². The maximum Gasteiger partial charge on any atom is 0.231 e. The highest BCUT2D eigenvalue weighted by molar-refractivity contribution is 6.30. The van der Waals surface area contributed by atoms with Gasteiger partial charge in [-0.1, -0.05) is 182 Å². The van der Waals surface area contributed by atoms with Crippen LogP contribution in [-0.4, -0.2) is 153 Å². The van der Waals surface area contributed by atoms with Crippen molar-refractivity contribution < 1.29 is 27.7 Å². The fraction of sp³-hybridized carbons (Fsp3) is 0.462. The second-order valence-corrected chi connectivity index (χ2v) is 33.7. The highest BCUT2D eigenvalue weighted by atomic mass is 35.5. The summed E-state index contributed by atoms with van der Waals surface area (Å²) in [5, 5.41) is 1.56. The van der Waals surface area contributed by atoms with Crippen LogP contribution < -0.4 is 18.9 Å². The molecule has 0 aliphatic carbocycles. The Morgan fingerprint density at radius 3 is 0.883 bits per heavy atom. The number of fused-ring (bicyclic) bond motifs is 2. The first-order chi connectivity index (χ1) is 57.5. The zero-order valence-corrected chi connectivity index (χ0v) is 77.6. The third-order valence-electron chi connectivity index (χ3n) is 20.6. The molecule has 0 atom stereocenters. The molecular weight excluding hydrogens is 1530 g/mol. The Hall–Kier alpha value is -8.32. The predicted molar refractivity (Wildman–Crippen MR) is 506 cm³/mol. The Morgan fingerprint density at radius 1 is 0.358 bits per heavy atom. The summed E-state index contributed by atoms with van der Waals surface area (Å²) in [5.41, 5.74) is 9.88. The summed E-state index contributed by atoms with van der Waals surface area (Å²) in [6.07, 6.45) is 19.5. The lowest BCUT2D eigenvalue weighted by Crippen LogP contribution is -2.32. The number of halogens is 4. The molecule has 3 heterocycles. The maximum atomic E-state index is 12.9. The van der Waals surface area contributed by atoms with E-state index in [1.807, 2.05) is 48.6 Å². The van der Waals surface area contributed by atoms with Crippen molar-refractivity contribution in [3.63, 3.8) is 0 Å². The fourth-order valence-electron chi connectivity index (χ4n) is 13.1. The van der Waals surface area contributed by atoms with Crippen molar-refractivity contribution >= 4 is 23.2 Å². The van der Waals surface area contributed by atoms with Gasteiger partial charge in [0.05, 0.1) is 13.1 Å². The largest absolute Gasteiger partial charge is 0.454 e. The molecule has 8 aromatic carbocycles. The summed E-state index contributed by atoms with van der Waals surface area (Å²) >= 11 is 11.9. The standard InChI is InChI=1S/C19H21NO4.C17H19Cl2N.C17H19F2N.C17H21N.C9H21N.C9H17N.C9H13N.C7H15N/c1-13(2)20(9-14-3-5-16-18(7-14)23-11-21-16)10-15-4-6-17-19(8-15)24-12-22-17;2*1-13(2)20(11-14-3-7-16(18)8-4-14)12-15-5-9-17(19)10-6-15;1-15(2)18(13-16-9-5-3-6-10-16)14-17-11-7-4-8-12-17;3*1-5-7-10(8-6-2)9(3)4;1-7(2)8-5-3-4-6-8/h3-8,13H,9-12H2,1-2H3;2*3-10,13H,11-12H2,1-2H3;3-12,15H,13-14H2,1-2H3;9H,5-8H2,1-4H3;5-6,9H,1-2,7-8H2,3-4H3;1-2,9H,7-8H2,3-4H3;7H,3-6H2,1-2H3. The van der Waals surface area contributed by atoms with E-state index in [0.717, 1.165) is 122 Å². The number of nitrogens with zero attached hydrogens (tertiary/aromatic N) is 8. The number of benzene rings is 8. The van der Waals surface area contributed by atoms with Crippen molar-refractivity contribution in [1.29, 1.82) is 0 Å². The SMILES string of the molecule is C#CCN(CC#C)C(C)C.C=CCN(CC=C)C(C)C.CC(C)N(Cc1ccc(Cl)cc1)Cc1ccc(Cl)cc1.CC(C)N(Cc1ccc(F)cc1)Cc1ccc(F)cc1.CC(C)N(Cc1ccc2c(c1)OCO2)Cc1ccc2c(c1)OCO2.CC(C)N(Cc1ccccc1)Cc1ccccc1.CC(C)N1CCCC1.CCCN(CCC)C(C)C. The molecule has 0 saturated carbocycles. The normalized spacial score (nSPS) is 12.5. The summed E-state index contributed by atoms with van der Waals surface area (Å²) in [5.74, 6) is 8.01. The topological polar surface area (TPSA) is 62.8 Å². The number of ether oxygens (including phenoxy) is 4. The highest BCUT2D eigenvalue weighted by Gasteiger charge is 2.21. The van der Waals surface area contributed by atoms with Crippen LogP contribution >= 0.6 is 23.2 Å². The second kappa shape index (κ2) is 59.4. The van der Waals surface area contributed by atoms with Gasteiger partial charge in [-0.2, -0.15) is 0 Å². The Morgan fingerprint density at radius 2 is 0.625 bits per heavy atom. The Kier molecular flexibility index (Phi) is 51.5. The lowest BCUT2D eigenvalue weighted by atomic mass is 10.1. The van der Waals surface area contributed by atoms with Crippen LogP contribution in [0, 0.1) is 36.3 Å². The van der Waals surface area contributed by atoms with Gasteiger partial charge in [0.15, 0.2) is 23.0 Å². The van der Waals surface area contributed by atoms with Crippen molar-refractivity contribution in [1.82, 2.24) is 39.2 Å². The van der Waals surface area contributed by atoms with E-state index in [2.05, 4.69) is 298 Å². The molecule has 1 saturated heterocycles. The molecule has 3 aliphatic heterocycles. The lowest BCUT2D eigenvalue weighted by molar-refractivity contribution is 0.173. The Labute approximate surface area is 735 Å². The van der Waals surface area contributed by atoms with Crippen molar-refractivity contribution in [3.05, 3.63) is 286 Å². The Balaban J connectivity index is 0.000000296. The number of hydrogen-bond donors (Lipinski definition) is 0. The summed E-state index contributed by atoms with van der Waals surface area (Å²) in [6.45, 7) is 63.0. The van der Waals surface area contributed by atoms with Crippen LogP contribution in [0.5, 0.6) is 23.0 Å². The summed E-state index contributed by atoms with van der Waals surface area (Å²) in [4.78, 5) is 19.0. The van der Waals surface area contributed by atoms with Gasteiger partial charge in [-0.05, 0) is 280 Å². The molecule has 0 N–H and O–H groups in total. The number of terminal acetylenes is 2. The zero-order valence-electron chi connectivity index (χ0n) is 76.1. The Bertz CT molecular complexity index is 3780. The van der Waals surface area contributed by atoms with Crippen LogP contribution in [-0.2, 0) is 52.4 Å². The molecule has 0 spiro atoms. The van der Waals surface area contributed by atoms with Gasteiger partial charge < -0.3 is 28.7 Å². The fourth-order valence-corrected chi connectivity index (χ4v) is 13.4. The maximum absolute atomic E-state index is 12.9. The molecule has 120 heavy (non-hydrogen) atoms. The average molecular weight is 1680 g/mol. The van der Waals surface area contributed by atoms with Crippen LogP contribution in [0.3, 0.4) is 0 Å². The van der Waals surface area contributed by atoms with Gasteiger partial charge in [0, 0.05) is 124 Å². The van der Waals surface area contributed by atoms with E-state index in [-0.39, 0.29) is 11.6 Å². The lowest BCUT2D eigenvalue weighted by Gasteiger charge is -2.27. The molecule has 11 rings (SSSR count). The minimum Gasteiger partial charge on any atom is -0.454 e. The van der Waals surface area contributed by atoms with Crippen LogP contribution in [0.1, 0.15) is 195 Å². The van der Waals surface area contributed by atoms with E-state index in [9.17, 15) is 8.78 Å². The molecule has 0 unspecified atom stereocenters. The van der Waals surface area contributed by atoms with Crippen LogP contribution in [0.2, 0.25) is 10.0 Å². The van der Waals surface area contributed by atoms with E-state index < -0.39 is 0 Å². The minimum absolute atomic E-state index is 0.219. The molecule has 8 aromatic rings. The van der Waals surface area contributed by atoms with Gasteiger partial charge >= 0.3 is 0 Å². The van der Waals surface area contributed by atoms with Gasteiger partial charge in [-0.25, -0.2) is 8.78 Å². The van der Waals surface area contributed by atoms with Crippen molar-refractivity contribution in [2.45, 2.75) is 251 Å². The molecule has 12 nitrogen and oxygen atoms in total. The summed E-state index contributed by atoms with van der Waals surface area (Å²) in [7, 11) is 0. The quantitative estimate of drug-likeness (QED) is 0.0285. The first kappa shape index (κ1) is 104. The highest BCUT2D eigenvalue weighted by Crippen LogP contribution is 2.35. The van der Waals surface area contributed by atoms with Gasteiger partial charge in [0.25, 0.3) is 0 Å². The molecule has 0 aromatic heterocycles. The molecule has 1 fully saturated rings. The molecule has 0 radical (unpaired) electrons. The van der Waals surface area contributed by atoms with Crippen LogP contribution in [0.15, 0.2) is 219 Å². The number of likely N-dealkylation sites (tertiary alicyclic amines) is 1. The second-order valence-electron chi connectivity index (χ2n) is 32.8. The number of rotatable bonds is 34. The van der Waals surface area contributed by atoms with Gasteiger partial charge in [-0.15, -0.1) is 26.0 Å². The van der Waals surface area contributed by atoms with E-state index in [4.69, 9.17) is 55.0 Å². The molecule has 0 amide bonds. The molecule has 3 aliphatic rings. The molecule has 16 heteroatoms. The molecular formula is C104H146Cl2F2N8O4. The van der Waals surface area contributed by atoms with Crippen molar-refractivity contribution in [3.8, 4) is 47.7 Å². The zero-order chi connectivity index (χ0) is 88.3. The third-order valence-corrected chi connectivity index (χ3v) is 21.1. The van der Waals surface area contributed by atoms with Crippen molar-refractivity contribution in [2.75, 3.05) is 65.9 Å². The minimum atomic E-state index is -0.219. The van der Waals surface area contributed by atoms with Crippen LogP contribution in [0.4, 0.5) is 8.78 Å². The van der Waals surface area contributed by atoms with E-state index in [1.165, 1.54) is 110 Å². The third kappa shape index (κ3) is 42.5. The van der Waals surface area contributed by atoms with Gasteiger partial charge in [-0.3, -0.25) is 29.4 Å². The van der Waals surface area contributed by atoms with E-state index in [0.29, 0.717) is 62.9 Å². The number of hydrogen-bond acceptors (Lipinski definition) is 12. The summed E-state index contributed by atoms with van der Waals surface area (Å²) < 4.78 is 47.6. The van der Waals surface area contributed by atoms with Gasteiger partial charge in [0.2, 0.25) is 13.6 Å². The predicted octanol–water partition coefficient (Wildman–Crippen LogP) is 24.5. The van der Waals surface area contributed by atoms with Gasteiger partial charge in [0.1, 0.15) is 11.6 Å².